The lowest BCUT2D eigenvalue weighted by Crippen LogP contribution is -2.55. The number of ether oxygens (including phenoxy) is 1. The van der Waals surface area contributed by atoms with Gasteiger partial charge < -0.3 is 25.4 Å². The van der Waals surface area contributed by atoms with E-state index in [0.717, 1.165) is 0 Å². The first-order chi connectivity index (χ1) is 18.2. The summed E-state index contributed by atoms with van der Waals surface area (Å²) >= 11 is 0. The first-order valence-corrected chi connectivity index (χ1v) is 12.0. The number of carbonyl (C=O) groups excluding carboxylic acids is 3. The number of carbonyl (C=O) groups is 4. The van der Waals surface area contributed by atoms with Crippen molar-refractivity contribution in [3.63, 3.8) is 0 Å². The fourth-order valence-electron chi connectivity index (χ4n) is 4.32. The molecule has 13 heteroatoms. The minimum atomic E-state index is -1.32. The SMILES string of the molecule is COc1ccc(NC(=O)N2CCN(C(=O)C3CC3)C2C(=O)NC(CC(=O)O)c2cccc([N+](=O)[O-])c2)cc1. The smallest absolute Gasteiger partial charge is 0.323 e. The lowest BCUT2D eigenvalue weighted by Gasteiger charge is -2.31. The Balaban J connectivity index is 1.58. The number of hydrogen-bond acceptors (Lipinski definition) is 7. The monoisotopic (exact) mass is 525 g/mol. The summed E-state index contributed by atoms with van der Waals surface area (Å²) in [7, 11) is 1.51. The number of nitrogens with one attached hydrogen (secondary N) is 2. The third kappa shape index (κ3) is 5.99. The van der Waals surface area contributed by atoms with Crippen molar-refractivity contribution >= 4 is 35.2 Å². The molecule has 1 saturated carbocycles. The average Bonchev–Trinajstić information content (AvgIpc) is 3.65. The van der Waals surface area contributed by atoms with E-state index in [-0.39, 0.29) is 36.2 Å². The lowest BCUT2D eigenvalue weighted by atomic mass is 10.0. The molecule has 3 N–H and O–H groups in total. The van der Waals surface area contributed by atoms with Crippen LogP contribution in [0.3, 0.4) is 0 Å². The predicted octanol–water partition coefficient (Wildman–Crippen LogP) is 2.35. The molecule has 1 saturated heterocycles. The average molecular weight is 526 g/mol. The van der Waals surface area contributed by atoms with Crippen LogP contribution in [0.1, 0.15) is 30.9 Å². The van der Waals surface area contributed by atoms with Crippen molar-refractivity contribution in [1.82, 2.24) is 15.1 Å². The Morgan fingerprint density at radius 2 is 1.79 bits per heavy atom. The summed E-state index contributed by atoms with van der Waals surface area (Å²) in [6.07, 6.45) is -0.501. The molecule has 13 nitrogen and oxygen atoms in total. The second-order valence-corrected chi connectivity index (χ2v) is 9.04. The Morgan fingerprint density at radius 3 is 2.39 bits per heavy atom. The van der Waals surface area contributed by atoms with Crippen molar-refractivity contribution in [2.75, 3.05) is 25.5 Å². The lowest BCUT2D eigenvalue weighted by molar-refractivity contribution is -0.384. The number of aliphatic carboxylic acids is 1. The molecule has 200 valence electrons. The van der Waals surface area contributed by atoms with Crippen LogP contribution in [0.25, 0.3) is 0 Å². The standard InChI is InChI=1S/C25H27N5O8/c1-38-19-9-7-17(8-10-19)26-25(35)29-12-11-28(24(34)15-5-6-15)23(29)22(33)27-20(14-21(31)32)16-3-2-4-18(13-16)30(36)37/h2-4,7-10,13,15,20,23H,5-6,11-12,14H2,1H3,(H,26,35)(H,27,33)(H,31,32). The van der Waals surface area contributed by atoms with Crippen LogP contribution in [0.2, 0.25) is 0 Å². The van der Waals surface area contributed by atoms with Gasteiger partial charge in [-0.3, -0.25) is 29.4 Å². The molecule has 0 radical (unpaired) electrons. The summed E-state index contributed by atoms with van der Waals surface area (Å²) in [6, 6.07) is 10.1. The Bertz CT molecular complexity index is 1250. The molecule has 1 heterocycles. The van der Waals surface area contributed by atoms with Crippen molar-refractivity contribution in [3.05, 3.63) is 64.2 Å². The quantitative estimate of drug-likeness (QED) is 0.331. The molecule has 2 aromatic carbocycles. The highest BCUT2D eigenvalue weighted by atomic mass is 16.6. The normalized spacial score (nSPS) is 17.4. The van der Waals surface area contributed by atoms with E-state index >= 15 is 0 Å². The van der Waals surface area contributed by atoms with Crippen LogP contribution in [0.4, 0.5) is 16.2 Å². The second-order valence-electron chi connectivity index (χ2n) is 9.04. The molecule has 1 aliphatic carbocycles. The van der Waals surface area contributed by atoms with Crippen molar-refractivity contribution in [2.45, 2.75) is 31.5 Å². The summed E-state index contributed by atoms with van der Waals surface area (Å²) in [6.45, 7) is 0.211. The summed E-state index contributed by atoms with van der Waals surface area (Å²) < 4.78 is 5.11. The molecule has 0 aromatic heterocycles. The Labute approximate surface area is 217 Å². The van der Waals surface area contributed by atoms with Crippen LogP contribution in [-0.4, -0.2) is 70.0 Å². The predicted molar refractivity (Wildman–Crippen MR) is 133 cm³/mol. The van der Waals surface area contributed by atoms with E-state index in [1.807, 2.05) is 0 Å². The number of anilines is 1. The number of methoxy groups -OCH3 is 1. The molecule has 0 spiro atoms. The van der Waals surface area contributed by atoms with E-state index < -0.39 is 41.5 Å². The van der Waals surface area contributed by atoms with Gasteiger partial charge in [-0.15, -0.1) is 0 Å². The minimum absolute atomic E-state index is 0.0823. The Kier molecular flexibility index (Phi) is 7.74. The van der Waals surface area contributed by atoms with E-state index in [4.69, 9.17) is 4.74 Å². The maximum absolute atomic E-state index is 13.6. The molecule has 4 rings (SSSR count). The molecule has 1 aliphatic heterocycles. The number of nitro groups is 1. The molecule has 38 heavy (non-hydrogen) atoms. The zero-order valence-electron chi connectivity index (χ0n) is 20.5. The maximum Gasteiger partial charge on any atom is 0.323 e. The number of amides is 4. The molecule has 2 unspecified atom stereocenters. The van der Waals surface area contributed by atoms with Crippen molar-refractivity contribution < 1.29 is 33.9 Å². The topological polar surface area (TPSA) is 171 Å². The molecule has 4 amide bonds. The van der Waals surface area contributed by atoms with Gasteiger partial charge in [0, 0.05) is 36.8 Å². The highest BCUT2D eigenvalue weighted by Gasteiger charge is 2.47. The van der Waals surface area contributed by atoms with Gasteiger partial charge in [0.05, 0.1) is 24.5 Å². The van der Waals surface area contributed by atoms with E-state index in [2.05, 4.69) is 10.6 Å². The van der Waals surface area contributed by atoms with Crippen LogP contribution in [-0.2, 0) is 14.4 Å². The van der Waals surface area contributed by atoms with Crippen LogP contribution in [0.5, 0.6) is 5.75 Å². The summed E-state index contributed by atoms with van der Waals surface area (Å²) in [5, 5.41) is 26.0. The minimum Gasteiger partial charge on any atom is -0.497 e. The van der Waals surface area contributed by atoms with E-state index in [1.54, 1.807) is 24.3 Å². The Hall–Kier alpha value is -4.68. The number of nitro benzene ring substituents is 1. The molecule has 2 aromatic rings. The molecule has 0 bridgehead atoms. The van der Waals surface area contributed by atoms with Gasteiger partial charge in [0.15, 0.2) is 6.17 Å². The second kappa shape index (κ2) is 11.2. The zero-order chi connectivity index (χ0) is 27.4. The molecule has 2 fully saturated rings. The summed E-state index contributed by atoms with van der Waals surface area (Å²) in [5.41, 5.74) is 0.392. The van der Waals surface area contributed by atoms with Gasteiger partial charge in [-0.05, 0) is 42.7 Å². The third-order valence-electron chi connectivity index (χ3n) is 6.40. The fourth-order valence-corrected chi connectivity index (χ4v) is 4.32. The number of non-ortho nitro benzene ring substituents is 1. The van der Waals surface area contributed by atoms with Crippen molar-refractivity contribution in [1.29, 1.82) is 0 Å². The largest absolute Gasteiger partial charge is 0.497 e. The van der Waals surface area contributed by atoms with E-state index in [9.17, 15) is 34.4 Å². The van der Waals surface area contributed by atoms with Crippen molar-refractivity contribution in [2.24, 2.45) is 5.92 Å². The molecular weight excluding hydrogens is 498 g/mol. The summed E-state index contributed by atoms with van der Waals surface area (Å²) in [5.74, 6) is -1.89. The van der Waals surface area contributed by atoms with Crippen LogP contribution in [0.15, 0.2) is 48.5 Å². The maximum atomic E-state index is 13.6. The number of carboxylic acid groups (broad SMARTS) is 1. The van der Waals surface area contributed by atoms with Gasteiger partial charge in [0.1, 0.15) is 5.75 Å². The van der Waals surface area contributed by atoms with E-state index in [0.29, 0.717) is 24.3 Å². The number of nitrogens with zero attached hydrogens (tertiary/aromatic N) is 3. The van der Waals surface area contributed by atoms with Gasteiger partial charge >= 0.3 is 12.0 Å². The van der Waals surface area contributed by atoms with Crippen molar-refractivity contribution in [3.8, 4) is 5.75 Å². The van der Waals surface area contributed by atoms with Gasteiger partial charge in [-0.25, -0.2) is 4.79 Å². The first-order valence-electron chi connectivity index (χ1n) is 12.0. The van der Waals surface area contributed by atoms with Gasteiger partial charge in [-0.2, -0.15) is 0 Å². The highest BCUT2D eigenvalue weighted by molar-refractivity contribution is 5.97. The Morgan fingerprint density at radius 1 is 1.11 bits per heavy atom. The molecule has 2 aliphatic rings. The number of urea groups is 1. The van der Waals surface area contributed by atoms with Crippen LogP contribution >= 0.6 is 0 Å². The molecular formula is C25H27N5O8. The number of carboxylic acids is 1. The first kappa shape index (κ1) is 26.4. The number of hydrogen-bond donors (Lipinski definition) is 3. The van der Waals surface area contributed by atoms with Gasteiger partial charge in [0.2, 0.25) is 5.91 Å². The van der Waals surface area contributed by atoms with Gasteiger partial charge in [-0.1, -0.05) is 12.1 Å². The number of rotatable bonds is 9. The zero-order valence-corrected chi connectivity index (χ0v) is 20.5. The summed E-state index contributed by atoms with van der Waals surface area (Å²) in [4.78, 5) is 64.4. The highest BCUT2D eigenvalue weighted by Crippen LogP contribution is 2.33. The fraction of sp³-hybridized carbons (Fsp3) is 0.360. The van der Waals surface area contributed by atoms with Gasteiger partial charge in [0.25, 0.3) is 11.6 Å². The molecule has 2 atom stereocenters. The number of benzene rings is 2. The van der Waals surface area contributed by atoms with Crippen LogP contribution < -0.4 is 15.4 Å². The van der Waals surface area contributed by atoms with E-state index in [1.165, 1.54) is 41.2 Å². The third-order valence-corrected chi connectivity index (χ3v) is 6.40. The van der Waals surface area contributed by atoms with Crippen LogP contribution in [0, 0.1) is 16.0 Å².